The molecule has 0 saturated carbocycles. The first kappa shape index (κ1) is 12.0. The highest BCUT2D eigenvalue weighted by atomic mass is 19.3. The highest BCUT2D eigenvalue weighted by molar-refractivity contribution is 6.00. The number of alkyl halides is 2. The number of ether oxygens (including phenoxy) is 2. The van der Waals surface area contributed by atoms with E-state index in [1.54, 1.807) is 0 Å². The molecule has 0 bridgehead atoms. The molecule has 0 amide bonds. The van der Waals surface area contributed by atoms with Crippen LogP contribution in [0.1, 0.15) is 10.4 Å². The van der Waals surface area contributed by atoms with Gasteiger partial charge in [0.2, 0.25) is 0 Å². The Labute approximate surface area is 89.9 Å². The van der Waals surface area contributed by atoms with Crippen LogP contribution >= 0.6 is 0 Å². The van der Waals surface area contributed by atoms with Gasteiger partial charge in [0, 0.05) is 0 Å². The van der Waals surface area contributed by atoms with Crippen molar-refractivity contribution in [3.05, 3.63) is 17.7 Å². The number of benzene rings is 1. The maximum atomic E-state index is 12.1. The van der Waals surface area contributed by atoms with Gasteiger partial charge in [-0.15, -0.1) is 0 Å². The third-order valence-electron chi connectivity index (χ3n) is 1.85. The van der Waals surface area contributed by atoms with Crippen LogP contribution in [0.25, 0.3) is 0 Å². The third kappa shape index (κ3) is 2.30. The molecule has 88 valence electrons. The van der Waals surface area contributed by atoms with E-state index >= 15 is 0 Å². The lowest BCUT2D eigenvalue weighted by molar-refractivity contribution is -0.0503. The Bertz CT molecular complexity index is 410. The summed E-state index contributed by atoms with van der Waals surface area (Å²) in [5.74, 6) is -1.26. The number of anilines is 2. The summed E-state index contributed by atoms with van der Waals surface area (Å²) in [6.45, 7) is -3.06. The minimum absolute atomic E-state index is 0.0852. The Balaban J connectivity index is 3.27. The smallest absolute Gasteiger partial charge is 0.387 e. The molecule has 0 unspecified atom stereocenters. The van der Waals surface area contributed by atoms with Gasteiger partial charge in [-0.3, -0.25) is 0 Å². The van der Waals surface area contributed by atoms with Gasteiger partial charge in [-0.05, 0) is 12.1 Å². The van der Waals surface area contributed by atoms with E-state index in [9.17, 15) is 13.6 Å². The van der Waals surface area contributed by atoms with E-state index < -0.39 is 12.6 Å². The van der Waals surface area contributed by atoms with Gasteiger partial charge in [0.15, 0.2) is 0 Å². The Morgan fingerprint density at radius 2 is 2.00 bits per heavy atom. The highest BCUT2D eigenvalue weighted by Crippen LogP contribution is 2.31. The van der Waals surface area contributed by atoms with Crippen LogP contribution in [0.4, 0.5) is 20.2 Å². The second-order valence-corrected chi connectivity index (χ2v) is 2.81. The van der Waals surface area contributed by atoms with Crippen LogP contribution in [0.3, 0.4) is 0 Å². The monoisotopic (exact) mass is 232 g/mol. The lowest BCUT2D eigenvalue weighted by atomic mass is 10.1. The van der Waals surface area contributed by atoms with Gasteiger partial charge in [-0.25, -0.2) is 4.79 Å². The fraction of sp³-hybridized carbons (Fsp3) is 0.222. The first-order valence-electron chi connectivity index (χ1n) is 4.18. The molecule has 0 spiro atoms. The first-order valence-corrected chi connectivity index (χ1v) is 4.18. The maximum Gasteiger partial charge on any atom is 0.387 e. The minimum atomic E-state index is -3.06. The predicted octanol–water partition coefficient (Wildman–Crippen LogP) is 1.24. The topological polar surface area (TPSA) is 87.6 Å². The van der Waals surface area contributed by atoms with Gasteiger partial charge in [0.1, 0.15) is 11.3 Å². The summed E-state index contributed by atoms with van der Waals surface area (Å²) in [6.07, 6.45) is 0. The number of rotatable bonds is 3. The van der Waals surface area contributed by atoms with Crippen LogP contribution in [0.2, 0.25) is 0 Å². The average Bonchev–Trinajstić information content (AvgIpc) is 2.22. The number of halogens is 2. The number of hydrogen-bond donors (Lipinski definition) is 2. The zero-order chi connectivity index (χ0) is 12.3. The largest absolute Gasteiger partial charge is 0.465 e. The minimum Gasteiger partial charge on any atom is -0.465 e. The summed E-state index contributed by atoms with van der Waals surface area (Å²) < 4.78 is 32.6. The molecular weight excluding hydrogens is 222 g/mol. The zero-order valence-corrected chi connectivity index (χ0v) is 8.37. The molecule has 1 aromatic rings. The summed E-state index contributed by atoms with van der Waals surface area (Å²) in [5, 5.41) is 0. The predicted molar refractivity (Wildman–Crippen MR) is 53.2 cm³/mol. The first-order chi connectivity index (χ1) is 7.47. The van der Waals surface area contributed by atoms with Gasteiger partial charge < -0.3 is 20.9 Å². The third-order valence-corrected chi connectivity index (χ3v) is 1.85. The molecule has 1 rings (SSSR count). The van der Waals surface area contributed by atoms with Gasteiger partial charge in [0.05, 0.1) is 18.5 Å². The lowest BCUT2D eigenvalue weighted by Gasteiger charge is -2.12. The Morgan fingerprint density at radius 3 is 2.50 bits per heavy atom. The standard InChI is InChI=1S/C9H10F2N2O3/c1-15-8(14)6-5(16-9(10)11)3-2-4(12)7(6)13/h2-3,9H,12-13H2,1H3. The fourth-order valence-corrected chi connectivity index (χ4v) is 1.12. The van der Waals surface area contributed by atoms with Crippen molar-refractivity contribution in [1.29, 1.82) is 0 Å². The molecule has 0 atom stereocenters. The molecule has 0 aromatic heterocycles. The van der Waals surface area contributed by atoms with Crippen molar-refractivity contribution in [2.45, 2.75) is 6.61 Å². The molecular formula is C9H10F2N2O3. The van der Waals surface area contributed by atoms with Crippen LogP contribution < -0.4 is 16.2 Å². The number of hydrogen-bond acceptors (Lipinski definition) is 5. The fourth-order valence-electron chi connectivity index (χ4n) is 1.12. The molecule has 0 aliphatic heterocycles. The van der Waals surface area contributed by atoms with Crippen molar-refractivity contribution >= 4 is 17.3 Å². The van der Waals surface area contributed by atoms with E-state index in [0.29, 0.717) is 0 Å². The molecule has 1 aromatic carbocycles. The summed E-state index contributed by atoms with van der Waals surface area (Å²) in [7, 11) is 1.09. The molecule has 0 radical (unpaired) electrons. The molecule has 0 fully saturated rings. The molecule has 0 aliphatic carbocycles. The number of carbonyl (C=O) groups excluding carboxylic acids is 1. The van der Waals surface area contributed by atoms with Crippen molar-refractivity contribution in [2.75, 3.05) is 18.6 Å². The molecule has 0 heterocycles. The number of nitrogens with two attached hydrogens (primary N) is 2. The van der Waals surface area contributed by atoms with Gasteiger partial charge in [-0.2, -0.15) is 8.78 Å². The highest BCUT2D eigenvalue weighted by Gasteiger charge is 2.21. The van der Waals surface area contributed by atoms with Crippen molar-refractivity contribution in [2.24, 2.45) is 0 Å². The summed E-state index contributed by atoms with van der Waals surface area (Å²) in [4.78, 5) is 11.3. The number of methoxy groups -OCH3 is 1. The summed E-state index contributed by atoms with van der Waals surface area (Å²) >= 11 is 0. The number of carbonyl (C=O) groups is 1. The Hall–Kier alpha value is -2.05. The van der Waals surface area contributed by atoms with Crippen molar-refractivity contribution in [1.82, 2.24) is 0 Å². The van der Waals surface area contributed by atoms with Crippen molar-refractivity contribution < 1.29 is 23.0 Å². The van der Waals surface area contributed by atoms with E-state index in [4.69, 9.17) is 11.5 Å². The van der Waals surface area contributed by atoms with E-state index in [0.717, 1.165) is 13.2 Å². The maximum absolute atomic E-state index is 12.1. The second-order valence-electron chi connectivity index (χ2n) is 2.81. The van der Waals surface area contributed by atoms with E-state index in [1.165, 1.54) is 6.07 Å². The van der Waals surface area contributed by atoms with Gasteiger partial charge >= 0.3 is 12.6 Å². The van der Waals surface area contributed by atoms with Crippen LogP contribution in [0.15, 0.2) is 12.1 Å². The van der Waals surface area contributed by atoms with Gasteiger partial charge in [0.25, 0.3) is 0 Å². The molecule has 4 N–H and O–H groups in total. The molecule has 7 heteroatoms. The van der Waals surface area contributed by atoms with Crippen LogP contribution in [0, 0.1) is 0 Å². The SMILES string of the molecule is COC(=O)c1c(OC(F)F)ccc(N)c1N. The van der Waals surface area contributed by atoms with Gasteiger partial charge in [-0.1, -0.05) is 0 Å². The quantitative estimate of drug-likeness (QED) is 0.604. The Morgan fingerprint density at radius 1 is 1.38 bits per heavy atom. The van der Waals surface area contributed by atoms with Crippen LogP contribution in [-0.2, 0) is 4.74 Å². The number of nitrogen functional groups attached to an aromatic ring is 2. The van der Waals surface area contributed by atoms with E-state index in [1.807, 2.05) is 0 Å². The second kappa shape index (κ2) is 4.65. The summed E-state index contributed by atoms with van der Waals surface area (Å²) in [5.41, 5.74) is 10.6. The molecule has 0 aliphatic rings. The lowest BCUT2D eigenvalue weighted by Crippen LogP contribution is -2.13. The van der Waals surface area contributed by atoms with Crippen LogP contribution in [-0.4, -0.2) is 19.7 Å². The molecule has 0 saturated heterocycles. The van der Waals surface area contributed by atoms with Crippen molar-refractivity contribution in [3.63, 3.8) is 0 Å². The summed E-state index contributed by atoms with van der Waals surface area (Å²) in [6, 6.07) is 2.39. The van der Waals surface area contributed by atoms with E-state index in [-0.39, 0.29) is 22.7 Å². The molecule has 5 nitrogen and oxygen atoms in total. The van der Waals surface area contributed by atoms with Crippen molar-refractivity contribution in [3.8, 4) is 5.75 Å². The Kier molecular flexibility index (Phi) is 3.49. The normalized spacial score (nSPS) is 10.2. The zero-order valence-electron chi connectivity index (χ0n) is 8.37. The van der Waals surface area contributed by atoms with Crippen LogP contribution in [0.5, 0.6) is 5.75 Å². The molecule has 16 heavy (non-hydrogen) atoms. The van der Waals surface area contributed by atoms with E-state index in [2.05, 4.69) is 9.47 Å². The number of esters is 1. The average molecular weight is 232 g/mol.